The second kappa shape index (κ2) is 12.7. The van der Waals surface area contributed by atoms with E-state index in [4.69, 9.17) is 10.7 Å². The van der Waals surface area contributed by atoms with Crippen molar-refractivity contribution < 1.29 is 0 Å². The Morgan fingerprint density at radius 1 is 1.11 bits per heavy atom. The number of aliphatic imine (C=N–C) groups is 1. The van der Waals surface area contributed by atoms with Crippen LogP contribution in [0.1, 0.15) is 38.7 Å². The summed E-state index contributed by atoms with van der Waals surface area (Å²) >= 11 is 0. The van der Waals surface area contributed by atoms with Gasteiger partial charge in [0.05, 0.1) is 24.8 Å². The Hall–Kier alpha value is -2.59. The predicted octanol–water partition coefficient (Wildman–Crippen LogP) is 4.33. The quantitative estimate of drug-likeness (QED) is 0.256. The Bertz CT molecular complexity index is 701. The van der Waals surface area contributed by atoms with E-state index in [1.54, 1.807) is 0 Å². The molecule has 0 spiro atoms. The van der Waals surface area contributed by atoms with Crippen molar-refractivity contribution in [3.63, 3.8) is 0 Å². The maximum absolute atomic E-state index is 5.65. The van der Waals surface area contributed by atoms with Crippen LogP contribution >= 0.6 is 0 Å². The molecule has 0 bridgehead atoms. The third kappa shape index (κ3) is 7.97. The maximum atomic E-state index is 5.65. The fourth-order valence-corrected chi connectivity index (χ4v) is 2.64. The van der Waals surface area contributed by atoms with E-state index in [-0.39, 0.29) is 6.04 Å². The van der Waals surface area contributed by atoms with Crippen LogP contribution < -0.4 is 16.4 Å². The molecule has 0 aliphatic carbocycles. The van der Waals surface area contributed by atoms with Gasteiger partial charge < -0.3 is 16.4 Å². The Kier molecular flexibility index (Phi) is 10.7. The van der Waals surface area contributed by atoms with Crippen LogP contribution in [0.3, 0.4) is 0 Å². The average Bonchev–Trinajstić information content (AvgIpc) is 2.72. The summed E-state index contributed by atoms with van der Waals surface area (Å²) in [6.07, 6.45) is 2.93. The first kappa shape index (κ1) is 23.4. The topological polar surface area (TPSA) is 62.4 Å². The first-order valence-electron chi connectivity index (χ1n) is 9.94. The van der Waals surface area contributed by atoms with E-state index < -0.39 is 0 Å². The van der Waals surface area contributed by atoms with Gasteiger partial charge in [-0.25, -0.2) is 0 Å². The third-order valence-corrected chi connectivity index (χ3v) is 4.55. The van der Waals surface area contributed by atoms with Gasteiger partial charge in [-0.3, -0.25) is 4.99 Å². The molecule has 1 atom stereocenters. The predicted molar refractivity (Wildman–Crippen MR) is 124 cm³/mol. The molecule has 28 heavy (non-hydrogen) atoms. The molecular formula is C24H36N4. The maximum Gasteiger partial charge on any atom is 0.0615 e. The summed E-state index contributed by atoms with van der Waals surface area (Å²) in [7, 11) is 0. The monoisotopic (exact) mass is 380 g/mol. The number of nitrogens with two attached hydrogens (primary N) is 1. The smallest absolute Gasteiger partial charge is 0.0615 e. The van der Waals surface area contributed by atoms with Gasteiger partial charge in [0, 0.05) is 17.9 Å². The molecule has 1 aromatic carbocycles. The number of hydrogen-bond donors (Lipinski definition) is 3. The standard InChI is InChI=1S/C24H36N4/c1-7-12-23(28-19(4)8-2)20(5)21(6)26-17-24(27-16-18(3)15-25)22-13-10-9-11-14-22/h9-11,13-14,23,26,28H,3-8,12,15-17,25H2,1-2H3. The number of hydrogen-bond acceptors (Lipinski definition) is 4. The lowest BCUT2D eigenvalue weighted by Gasteiger charge is -2.25. The van der Waals surface area contributed by atoms with E-state index in [0.717, 1.165) is 53.1 Å². The van der Waals surface area contributed by atoms with E-state index >= 15 is 0 Å². The molecule has 1 aromatic rings. The third-order valence-electron chi connectivity index (χ3n) is 4.55. The summed E-state index contributed by atoms with van der Waals surface area (Å²) in [5.41, 5.74) is 11.4. The molecule has 0 heterocycles. The Labute approximate surface area is 171 Å². The Morgan fingerprint density at radius 3 is 2.36 bits per heavy atom. The van der Waals surface area contributed by atoms with E-state index in [0.29, 0.717) is 19.6 Å². The summed E-state index contributed by atoms with van der Waals surface area (Å²) in [6.45, 7) is 22.2. The lowest BCUT2D eigenvalue weighted by Crippen LogP contribution is -2.34. The second-order valence-corrected chi connectivity index (χ2v) is 6.88. The zero-order chi connectivity index (χ0) is 20.9. The van der Waals surface area contributed by atoms with Crippen molar-refractivity contribution in [1.29, 1.82) is 0 Å². The number of benzene rings is 1. The summed E-state index contributed by atoms with van der Waals surface area (Å²) in [4.78, 5) is 4.71. The summed E-state index contributed by atoms with van der Waals surface area (Å²) < 4.78 is 0. The van der Waals surface area contributed by atoms with Crippen LogP contribution in [0.25, 0.3) is 0 Å². The highest BCUT2D eigenvalue weighted by molar-refractivity contribution is 6.02. The van der Waals surface area contributed by atoms with Crippen molar-refractivity contribution in [3.8, 4) is 0 Å². The largest absolute Gasteiger partial charge is 0.382 e. The van der Waals surface area contributed by atoms with E-state index in [9.17, 15) is 0 Å². The molecule has 0 amide bonds. The van der Waals surface area contributed by atoms with Crippen molar-refractivity contribution in [2.24, 2.45) is 10.7 Å². The minimum atomic E-state index is 0.131. The molecule has 4 heteroatoms. The molecule has 0 saturated heterocycles. The minimum Gasteiger partial charge on any atom is -0.382 e. The van der Waals surface area contributed by atoms with Gasteiger partial charge in [0.25, 0.3) is 0 Å². The van der Waals surface area contributed by atoms with Crippen LogP contribution in [-0.2, 0) is 0 Å². The first-order chi connectivity index (χ1) is 13.4. The van der Waals surface area contributed by atoms with Gasteiger partial charge in [-0.2, -0.15) is 0 Å². The number of rotatable bonds is 14. The molecular weight excluding hydrogens is 344 g/mol. The molecule has 1 rings (SSSR count). The fraction of sp³-hybridized carbons (Fsp3) is 0.375. The Balaban J connectivity index is 2.84. The van der Waals surface area contributed by atoms with Crippen LogP contribution in [0, 0.1) is 0 Å². The summed E-state index contributed by atoms with van der Waals surface area (Å²) in [6, 6.07) is 10.2. The zero-order valence-corrected chi connectivity index (χ0v) is 17.6. The lowest BCUT2D eigenvalue weighted by molar-refractivity contribution is 0.572. The molecule has 0 saturated carbocycles. The van der Waals surface area contributed by atoms with Crippen molar-refractivity contribution in [1.82, 2.24) is 10.6 Å². The molecule has 0 aromatic heterocycles. The van der Waals surface area contributed by atoms with Crippen LogP contribution in [0.5, 0.6) is 0 Å². The van der Waals surface area contributed by atoms with E-state index in [1.807, 2.05) is 18.2 Å². The highest BCUT2D eigenvalue weighted by Gasteiger charge is 2.15. The van der Waals surface area contributed by atoms with Crippen LogP contribution in [0.15, 0.2) is 84.2 Å². The van der Waals surface area contributed by atoms with Gasteiger partial charge >= 0.3 is 0 Å². The zero-order valence-electron chi connectivity index (χ0n) is 17.6. The lowest BCUT2D eigenvalue weighted by atomic mass is 10.0. The highest BCUT2D eigenvalue weighted by atomic mass is 15.0. The fourth-order valence-electron chi connectivity index (χ4n) is 2.64. The molecule has 4 N–H and O–H groups in total. The normalized spacial score (nSPS) is 12.2. The van der Waals surface area contributed by atoms with Crippen molar-refractivity contribution >= 4 is 5.71 Å². The van der Waals surface area contributed by atoms with Gasteiger partial charge in [0.15, 0.2) is 0 Å². The average molecular weight is 381 g/mol. The summed E-state index contributed by atoms with van der Waals surface area (Å²) in [5.74, 6) is 0. The number of nitrogens with one attached hydrogen (secondary N) is 2. The second-order valence-electron chi connectivity index (χ2n) is 6.88. The summed E-state index contributed by atoms with van der Waals surface area (Å²) in [5, 5.41) is 6.86. The molecule has 152 valence electrons. The van der Waals surface area contributed by atoms with Gasteiger partial charge in [-0.15, -0.1) is 0 Å². The number of allylic oxidation sites excluding steroid dienone is 1. The van der Waals surface area contributed by atoms with Gasteiger partial charge in [-0.1, -0.05) is 76.9 Å². The SMILES string of the molecule is C=C(CN)CN=C(CNC(=C)C(=C)C(CCC)NC(=C)CC)c1ccccc1. The van der Waals surface area contributed by atoms with Crippen LogP contribution in [-0.4, -0.2) is 31.4 Å². The molecule has 1 unspecified atom stereocenters. The van der Waals surface area contributed by atoms with Crippen molar-refractivity contribution in [2.45, 2.75) is 39.2 Å². The molecule has 4 nitrogen and oxygen atoms in total. The van der Waals surface area contributed by atoms with Gasteiger partial charge in [0.2, 0.25) is 0 Å². The van der Waals surface area contributed by atoms with Crippen molar-refractivity contribution in [2.75, 3.05) is 19.6 Å². The van der Waals surface area contributed by atoms with E-state index in [1.165, 1.54) is 0 Å². The molecule has 0 aliphatic heterocycles. The highest BCUT2D eigenvalue weighted by Crippen LogP contribution is 2.15. The van der Waals surface area contributed by atoms with Gasteiger partial charge in [0.1, 0.15) is 0 Å². The van der Waals surface area contributed by atoms with E-state index in [2.05, 4.69) is 62.9 Å². The Morgan fingerprint density at radius 2 is 1.79 bits per heavy atom. The van der Waals surface area contributed by atoms with Crippen molar-refractivity contribution in [3.05, 3.63) is 84.8 Å². The minimum absolute atomic E-state index is 0.131. The van der Waals surface area contributed by atoms with Crippen LogP contribution in [0.4, 0.5) is 0 Å². The number of nitrogens with zero attached hydrogens (tertiary/aromatic N) is 1. The molecule has 0 radical (unpaired) electrons. The molecule has 0 aliphatic rings. The van der Waals surface area contributed by atoms with Gasteiger partial charge in [-0.05, 0) is 29.6 Å². The van der Waals surface area contributed by atoms with Crippen LogP contribution in [0.2, 0.25) is 0 Å². The molecule has 0 fully saturated rings. The first-order valence-corrected chi connectivity index (χ1v) is 9.94.